The lowest BCUT2D eigenvalue weighted by Gasteiger charge is -2.18. The molecule has 1 aromatic carbocycles. The number of nitrogens with zero attached hydrogens (tertiary/aromatic N) is 2. The Hall–Kier alpha value is -2.82. The van der Waals surface area contributed by atoms with Gasteiger partial charge in [0.25, 0.3) is 5.91 Å². The first-order chi connectivity index (χ1) is 11.8. The van der Waals surface area contributed by atoms with Crippen LogP contribution >= 0.6 is 0 Å². The molecule has 0 aliphatic carbocycles. The smallest absolute Gasteiger partial charge is 0.270 e. The van der Waals surface area contributed by atoms with E-state index in [-0.39, 0.29) is 5.91 Å². The van der Waals surface area contributed by atoms with Crippen LogP contribution in [-0.4, -0.2) is 30.5 Å². The molecule has 3 rings (SSSR count). The van der Waals surface area contributed by atoms with Crippen LogP contribution in [0.4, 0.5) is 17.1 Å². The second kappa shape index (κ2) is 7.64. The third-order valence-electron chi connectivity index (χ3n) is 4.03. The van der Waals surface area contributed by atoms with E-state index in [1.54, 1.807) is 18.3 Å². The molecule has 1 aliphatic heterocycles. The van der Waals surface area contributed by atoms with Gasteiger partial charge in [-0.15, -0.1) is 6.58 Å². The minimum absolute atomic E-state index is 0.198. The molecule has 0 bridgehead atoms. The Morgan fingerprint density at radius 2 is 1.83 bits per heavy atom. The van der Waals surface area contributed by atoms with Crippen LogP contribution in [0.5, 0.6) is 0 Å². The molecule has 0 saturated carbocycles. The van der Waals surface area contributed by atoms with E-state index in [4.69, 9.17) is 0 Å². The largest absolute Gasteiger partial charge is 0.372 e. The second-order valence-corrected chi connectivity index (χ2v) is 5.80. The van der Waals surface area contributed by atoms with Crippen molar-refractivity contribution in [2.45, 2.75) is 12.8 Å². The summed E-state index contributed by atoms with van der Waals surface area (Å²) in [6.07, 6.45) is 5.85. The lowest BCUT2D eigenvalue weighted by atomic mass is 10.2. The van der Waals surface area contributed by atoms with E-state index in [9.17, 15) is 4.79 Å². The molecule has 0 atom stereocenters. The molecule has 0 unspecified atom stereocenters. The van der Waals surface area contributed by atoms with E-state index in [1.807, 2.05) is 6.07 Å². The van der Waals surface area contributed by atoms with Gasteiger partial charge in [0.05, 0.1) is 11.9 Å². The maximum atomic E-state index is 11.8. The molecular weight excluding hydrogens is 300 g/mol. The molecule has 5 nitrogen and oxygen atoms in total. The lowest BCUT2D eigenvalue weighted by molar-refractivity contribution is 0.0953. The summed E-state index contributed by atoms with van der Waals surface area (Å²) in [4.78, 5) is 18.4. The number of carbonyl (C=O) groups excluding carboxylic acids is 1. The highest BCUT2D eigenvalue weighted by atomic mass is 16.1. The average molecular weight is 322 g/mol. The molecular formula is C19H22N4O. The van der Waals surface area contributed by atoms with Crippen molar-refractivity contribution in [2.75, 3.05) is 29.9 Å². The molecule has 1 fully saturated rings. The maximum Gasteiger partial charge on any atom is 0.270 e. The fraction of sp³-hybridized carbons (Fsp3) is 0.263. The van der Waals surface area contributed by atoms with Crippen LogP contribution in [-0.2, 0) is 0 Å². The molecule has 24 heavy (non-hydrogen) atoms. The number of pyridine rings is 1. The quantitative estimate of drug-likeness (QED) is 0.801. The predicted octanol–water partition coefficient (Wildman–Crippen LogP) is 3.34. The Kier molecular flexibility index (Phi) is 5.11. The van der Waals surface area contributed by atoms with Crippen molar-refractivity contribution >= 4 is 23.0 Å². The summed E-state index contributed by atoms with van der Waals surface area (Å²) in [6.45, 7) is 6.29. The zero-order chi connectivity index (χ0) is 16.8. The predicted molar refractivity (Wildman–Crippen MR) is 97.9 cm³/mol. The first-order valence-corrected chi connectivity index (χ1v) is 8.23. The van der Waals surface area contributed by atoms with Gasteiger partial charge in [-0.3, -0.25) is 4.79 Å². The third-order valence-corrected chi connectivity index (χ3v) is 4.03. The number of hydrogen-bond acceptors (Lipinski definition) is 4. The van der Waals surface area contributed by atoms with Gasteiger partial charge in [0.15, 0.2) is 0 Å². The van der Waals surface area contributed by atoms with Crippen molar-refractivity contribution in [1.29, 1.82) is 0 Å². The third kappa shape index (κ3) is 3.93. The van der Waals surface area contributed by atoms with Gasteiger partial charge >= 0.3 is 0 Å². The first kappa shape index (κ1) is 16.1. The molecule has 1 amide bonds. The van der Waals surface area contributed by atoms with Crippen LogP contribution in [0.25, 0.3) is 0 Å². The Morgan fingerprint density at radius 3 is 2.46 bits per heavy atom. The van der Waals surface area contributed by atoms with E-state index in [2.05, 4.69) is 51.4 Å². The number of anilines is 3. The van der Waals surface area contributed by atoms with Gasteiger partial charge in [-0.25, -0.2) is 4.98 Å². The molecule has 1 aromatic heterocycles. The minimum atomic E-state index is -0.198. The summed E-state index contributed by atoms with van der Waals surface area (Å²) >= 11 is 0. The van der Waals surface area contributed by atoms with Crippen LogP contribution in [0.1, 0.15) is 23.3 Å². The van der Waals surface area contributed by atoms with Crippen LogP contribution in [0.15, 0.2) is 55.3 Å². The summed E-state index contributed by atoms with van der Waals surface area (Å²) in [5.41, 5.74) is 3.52. The van der Waals surface area contributed by atoms with E-state index in [0.29, 0.717) is 12.2 Å². The lowest BCUT2D eigenvalue weighted by Crippen LogP contribution is -2.24. The molecule has 2 heterocycles. The Labute approximate surface area is 142 Å². The zero-order valence-corrected chi connectivity index (χ0v) is 13.7. The number of carbonyl (C=O) groups is 1. The number of rotatable bonds is 6. The van der Waals surface area contributed by atoms with E-state index >= 15 is 0 Å². The van der Waals surface area contributed by atoms with Gasteiger partial charge in [0.2, 0.25) is 0 Å². The molecule has 2 aromatic rings. The van der Waals surface area contributed by atoms with Crippen molar-refractivity contribution in [1.82, 2.24) is 10.3 Å². The Balaban J connectivity index is 1.61. The highest BCUT2D eigenvalue weighted by Crippen LogP contribution is 2.23. The van der Waals surface area contributed by atoms with Gasteiger partial charge < -0.3 is 15.5 Å². The van der Waals surface area contributed by atoms with Crippen LogP contribution in [0.3, 0.4) is 0 Å². The standard InChI is InChI=1S/C19H22N4O/c1-2-11-20-19(24)18-10-7-16(14-21-18)22-15-5-8-17(9-6-15)23-12-3-4-13-23/h2,5-10,14,22H,1,3-4,11-13H2,(H,20,24). The maximum absolute atomic E-state index is 11.8. The minimum Gasteiger partial charge on any atom is -0.372 e. The second-order valence-electron chi connectivity index (χ2n) is 5.80. The number of amides is 1. The first-order valence-electron chi connectivity index (χ1n) is 8.23. The van der Waals surface area contributed by atoms with Crippen LogP contribution in [0, 0.1) is 0 Å². The summed E-state index contributed by atoms with van der Waals surface area (Å²) in [5, 5.41) is 6.01. The SMILES string of the molecule is C=CCNC(=O)c1ccc(Nc2ccc(N3CCCC3)cc2)cn1. The van der Waals surface area contributed by atoms with E-state index in [1.165, 1.54) is 18.5 Å². The van der Waals surface area contributed by atoms with Crippen LogP contribution < -0.4 is 15.5 Å². The number of nitrogens with one attached hydrogen (secondary N) is 2. The van der Waals surface area contributed by atoms with Crippen molar-refractivity contribution in [2.24, 2.45) is 0 Å². The number of hydrogen-bond donors (Lipinski definition) is 2. The zero-order valence-electron chi connectivity index (χ0n) is 13.7. The molecule has 5 heteroatoms. The van der Waals surface area contributed by atoms with E-state index < -0.39 is 0 Å². The van der Waals surface area contributed by atoms with Crippen LogP contribution in [0.2, 0.25) is 0 Å². The fourth-order valence-electron chi connectivity index (χ4n) is 2.76. The van der Waals surface area contributed by atoms with Crippen molar-refractivity contribution in [3.05, 3.63) is 60.9 Å². The van der Waals surface area contributed by atoms with Crippen molar-refractivity contribution in [3.8, 4) is 0 Å². The molecule has 124 valence electrons. The van der Waals surface area contributed by atoms with Gasteiger partial charge in [0, 0.05) is 31.0 Å². The van der Waals surface area contributed by atoms with Crippen molar-refractivity contribution in [3.63, 3.8) is 0 Å². The molecule has 1 saturated heterocycles. The summed E-state index contributed by atoms with van der Waals surface area (Å²) in [6, 6.07) is 12.0. The van der Waals surface area contributed by atoms with Gasteiger partial charge in [-0.2, -0.15) is 0 Å². The summed E-state index contributed by atoms with van der Waals surface area (Å²) in [7, 11) is 0. The highest BCUT2D eigenvalue weighted by Gasteiger charge is 2.11. The summed E-state index contributed by atoms with van der Waals surface area (Å²) in [5.74, 6) is -0.198. The summed E-state index contributed by atoms with van der Waals surface area (Å²) < 4.78 is 0. The molecule has 0 spiro atoms. The van der Waals surface area contributed by atoms with E-state index in [0.717, 1.165) is 24.5 Å². The Bertz CT molecular complexity index is 688. The fourth-order valence-corrected chi connectivity index (χ4v) is 2.76. The topological polar surface area (TPSA) is 57.3 Å². The molecule has 2 N–H and O–H groups in total. The molecule has 1 aliphatic rings. The van der Waals surface area contributed by atoms with Gasteiger partial charge in [-0.1, -0.05) is 6.08 Å². The van der Waals surface area contributed by atoms with Gasteiger partial charge in [-0.05, 0) is 49.2 Å². The molecule has 0 radical (unpaired) electrons. The normalized spacial score (nSPS) is 13.6. The Morgan fingerprint density at radius 1 is 1.12 bits per heavy atom. The van der Waals surface area contributed by atoms with Gasteiger partial charge in [0.1, 0.15) is 5.69 Å². The number of aromatic nitrogens is 1. The highest BCUT2D eigenvalue weighted by molar-refractivity contribution is 5.92. The monoisotopic (exact) mass is 322 g/mol. The number of benzene rings is 1. The van der Waals surface area contributed by atoms with Crippen molar-refractivity contribution < 1.29 is 4.79 Å². The average Bonchev–Trinajstić information content (AvgIpc) is 3.15.